The number of anilines is 4. The molecule has 9 heteroatoms. The molecular formula is C26H34N4O5. The molecule has 9 nitrogen and oxygen atoms in total. The maximum atomic E-state index is 13.2. The molecule has 2 N–H and O–H groups in total. The molecule has 2 aliphatic rings. The number of nitrogens with zero attached hydrogens (tertiary/aromatic N) is 2. The number of amides is 2. The van der Waals surface area contributed by atoms with Crippen molar-refractivity contribution in [2.24, 2.45) is 0 Å². The van der Waals surface area contributed by atoms with Crippen LogP contribution in [-0.2, 0) is 14.2 Å². The second-order valence-corrected chi connectivity index (χ2v) is 9.56. The van der Waals surface area contributed by atoms with E-state index in [1.807, 2.05) is 12.1 Å². The number of rotatable bonds is 5. The Morgan fingerprint density at radius 2 is 1.51 bits per heavy atom. The molecule has 0 spiro atoms. The highest BCUT2D eigenvalue weighted by Crippen LogP contribution is 2.32. The minimum atomic E-state index is -0.609. The molecule has 0 saturated carbocycles. The van der Waals surface area contributed by atoms with Crippen molar-refractivity contribution in [2.45, 2.75) is 26.4 Å². The molecule has 2 saturated heterocycles. The summed E-state index contributed by atoms with van der Waals surface area (Å²) in [5.74, 6) is -0.258. The van der Waals surface area contributed by atoms with Crippen LogP contribution in [0.4, 0.5) is 27.5 Å². The molecular weight excluding hydrogens is 448 g/mol. The van der Waals surface area contributed by atoms with Gasteiger partial charge in [-0.2, -0.15) is 0 Å². The highest BCUT2D eigenvalue weighted by Gasteiger charge is 2.21. The maximum absolute atomic E-state index is 13.2. The number of benzene rings is 2. The van der Waals surface area contributed by atoms with Gasteiger partial charge in [-0.3, -0.25) is 10.1 Å². The van der Waals surface area contributed by atoms with Gasteiger partial charge in [0.25, 0.3) is 5.91 Å². The van der Waals surface area contributed by atoms with Crippen molar-refractivity contribution in [3.05, 3.63) is 48.0 Å². The van der Waals surface area contributed by atoms with E-state index < -0.39 is 11.7 Å². The highest BCUT2D eigenvalue weighted by molar-refractivity contribution is 6.07. The van der Waals surface area contributed by atoms with Gasteiger partial charge in [0.1, 0.15) is 5.60 Å². The first-order chi connectivity index (χ1) is 16.8. The molecule has 4 rings (SSSR count). The minimum absolute atomic E-state index is 0.258. The van der Waals surface area contributed by atoms with Gasteiger partial charge in [-0.15, -0.1) is 0 Å². The standard InChI is InChI=1S/C26H34N4O5/c1-26(2,3)35-25(32)27-20-6-4-5-19(17-20)24(31)28-22-8-7-21(29-9-13-33-14-10-29)18-23(22)30-11-15-34-16-12-30/h4-8,17-18H,9-16H2,1-3H3,(H,27,32)(H,28,31). The molecule has 0 bridgehead atoms. The van der Waals surface area contributed by atoms with Crippen molar-refractivity contribution < 1.29 is 23.8 Å². The highest BCUT2D eigenvalue weighted by atomic mass is 16.6. The summed E-state index contributed by atoms with van der Waals surface area (Å²) in [5.41, 5.74) is 3.12. The van der Waals surface area contributed by atoms with E-state index >= 15 is 0 Å². The zero-order chi connectivity index (χ0) is 24.8. The van der Waals surface area contributed by atoms with Gasteiger partial charge in [-0.25, -0.2) is 4.79 Å². The van der Waals surface area contributed by atoms with Crippen LogP contribution in [0.3, 0.4) is 0 Å². The molecule has 2 amide bonds. The van der Waals surface area contributed by atoms with Gasteiger partial charge in [0.15, 0.2) is 0 Å². The zero-order valence-electron chi connectivity index (χ0n) is 20.6. The predicted octanol–water partition coefficient (Wildman–Crippen LogP) is 3.96. The summed E-state index contributed by atoms with van der Waals surface area (Å²) in [4.78, 5) is 29.8. The van der Waals surface area contributed by atoms with Crippen LogP contribution in [0.1, 0.15) is 31.1 Å². The topological polar surface area (TPSA) is 92.4 Å². The Morgan fingerprint density at radius 1 is 0.857 bits per heavy atom. The summed E-state index contributed by atoms with van der Waals surface area (Å²) in [5, 5.41) is 5.75. The van der Waals surface area contributed by atoms with E-state index in [1.54, 1.807) is 45.0 Å². The zero-order valence-corrected chi connectivity index (χ0v) is 20.6. The van der Waals surface area contributed by atoms with Gasteiger partial charge < -0.3 is 29.3 Å². The molecule has 2 heterocycles. The second kappa shape index (κ2) is 11.0. The first-order valence-electron chi connectivity index (χ1n) is 12.0. The number of ether oxygens (including phenoxy) is 3. The largest absolute Gasteiger partial charge is 0.444 e. The Balaban J connectivity index is 1.52. The van der Waals surface area contributed by atoms with Gasteiger partial charge in [0.2, 0.25) is 0 Å². The number of morpholine rings is 2. The number of nitrogens with one attached hydrogen (secondary N) is 2. The van der Waals surface area contributed by atoms with Gasteiger partial charge in [0.05, 0.1) is 37.8 Å². The molecule has 2 aromatic carbocycles. The fourth-order valence-corrected chi connectivity index (χ4v) is 4.06. The molecule has 0 unspecified atom stereocenters. The van der Waals surface area contributed by atoms with E-state index in [4.69, 9.17) is 14.2 Å². The van der Waals surface area contributed by atoms with Crippen molar-refractivity contribution >= 4 is 34.7 Å². The SMILES string of the molecule is CC(C)(C)OC(=O)Nc1cccc(C(=O)Nc2ccc(N3CCOCC3)cc2N2CCOCC2)c1. The van der Waals surface area contributed by atoms with Gasteiger partial charge in [-0.1, -0.05) is 6.07 Å². The number of carbonyl (C=O) groups excluding carboxylic acids is 2. The van der Waals surface area contributed by atoms with E-state index in [1.165, 1.54) is 0 Å². The van der Waals surface area contributed by atoms with Gasteiger partial charge in [0, 0.05) is 43.1 Å². The fourth-order valence-electron chi connectivity index (χ4n) is 4.06. The summed E-state index contributed by atoms with van der Waals surface area (Å²) in [6.45, 7) is 11.3. The lowest BCUT2D eigenvalue weighted by Gasteiger charge is -2.33. The second-order valence-electron chi connectivity index (χ2n) is 9.56. The lowest BCUT2D eigenvalue weighted by molar-refractivity contribution is 0.0635. The Labute approximate surface area is 206 Å². The van der Waals surface area contributed by atoms with Crippen LogP contribution in [0.15, 0.2) is 42.5 Å². The van der Waals surface area contributed by atoms with Crippen molar-refractivity contribution in [1.29, 1.82) is 0 Å². The monoisotopic (exact) mass is 482 g/mol. The fraction of sp³-hybridized carbons (Fsp3) is 0.462. The van der Waals surface area contributed by atoms with Crippen molar-refractivity contribution in [2.75, 3.05) is 73.0 Å². The summed E-state index contributed by atoms with van der Waals surface area (Å²) >= 11 is 0. The first-order valence-corrected chi connectivity index (χ1v) is 12.0. The molecule has 0 aromatic heterocycles. The smallest absolute Gasteiger partial charge is 0.412 e. The first kappa shape index (κ1) is 24.8. The lowest BCUT2D eigenvalue weighted by Crippen LogP contribution is -2.38. The van der Waals surface area contributed by atoms with Gasteiger partial charge in [-0.05, 0) is 57.2 Å². The lowest BCUT2D eigenvalue weighted by atomic mass is 10.1. The summed E-state index contributed by atoms with van der Waals surface area (Å²) in [6.07, 6.45) is -0.566. The van der Waals surface area contributed by atoms with E-state index in [-0.39, 0.29) is 5.91 Å². The quantitative estimate of drug-likeness (QED) is 0.666. The van der Waals surface area contributed by atoms with Crippen LogP contribution < -0.4 is 20.4 Å². The minimum Gasteiger partial charge on any atom is -0.444 e. The van der Waals surface area contributed by atoms with Crippen LogP contribution in [0.2, 0.25) is 0 Å². The molecule has 2 fully saturated rings. The van der Waals surface area contributed by atoms with Crippen LogP contribution in [0.5, 0.6) is 0 Å². The van der Waals surface area contributed by atoms with Crippen molar-refractivity contribution in [3.63, 3.8) is 0 Å². The Morgan fingerprint density at radius 3 is 2.17 bits per heavy atom. The normalized spacial score (nSPS) is 16.5. The molecule has 2 aliphatic heterocycles. The van der Waals surface area contributed by atoms with Crippen molar-refractivity contribution in [1.82, 2.24) is 0 Å². The summed E-state index contributed by atoms with van der Waals surface area (Å²) in [6, 6.07) is 12.9. The average molecular weight is 483 g/mol. The molecule has 0 aliphatic carbocycles. The third kappa shape index (κ3) is 6.86. The van der Waals surface area contributed by atoms with Gasteiger partial charge >= 0.3 is 6.09 Å². The van der Waals surface area contributed by atoms with E-state index in [0.29, 0.717) is 37.7 Å². The van der Waals surface area contributed by atoms with Crippen LogP contribution in [0.25, 0.3) is 0 Å². The third-order valence-corrected chi connectivity index (χ3v) is 5.73. The predicted molar refractivity (Wildman–Crippen MR) is 137 cm³/mol. The molecule has 0 radical (unpaired) electrons. The van der Waals surface area contributed by atoms with Crippen LogP contribution >= 0.6 is 0 Å². The number of carbonyl (C=O) groups is 2. The Bertz CT molecular complexity index is 1040. The molecule has 2 aromatic rings. The summed E-state index contributed by atoms with van der Waals surface area (Å²) in [7, 11) is 0. The van der Waals surface area contributed by atoms with E-state index in [0.717, 1.165) is 43.2 Å². The van der Waals surface area contributed by atoms with Crippen molar-refractivity contribution in [3.8, 4) is 0 Å². The number of hydrogen-bond acceptors (Lipinski definition) is 7. The average Bonchev–Trinajstić information content (AvgIpc) is 2.84. The third-order valence-electron chi connectivity index (χ3n) is 5.73. The Hall–Kier alpha value is -3.30. The van der Waals surface area contributed by atoms with E-state index in [2.05, 4.69) is 26.5 Å². The molecule has 0 atom stereocenters. The number of hydrogen-bond donors (Lipinski definition) is 2. The van der Waals surface area contributed by atoms with Crippen LogP contribution in [-0.4, -0.2) is 70.2 Å². The van der Waals surface area contributed by atoms with E-state index in [9.17, 15) is 9.59 Å². The van der Waals surface area contributed by atoms with Crippen LogP contribution in [0, 0.1) is 0 Å². The molecule has 35 heavy (non-hydrogen) atoms. The molecule has 188 valence electrons. The summed E-state index contributed by atoms with van der Waals surface area (Å²) < 4.78 is 16.3. The Kier molecular flexibility index (Phi) is 7.77. The maximum Gasteiger partial charge on any atom is 0.412 e.